The first-order valence-corrected chi connectivity index (χ1v) is 7.47. The zero-order valence-electron chi connectivity index (χ0n) is 12.1. The molecule has 0 aliphatic carbocycles. The summed E-state index contributed by atoms with van der Waals surface area (Å²) in [6, 6.07) is 6.52. The third-order valence-electron chi connectivity index (χ3n) is 3.06. The topological polar surface area (TPSA) is 39.1 Å². The molecule has 0 amide bonds. The van der Waals surface area contributed by atoms with Crippen LogP contribution in [0.2, 0.25) is 0 Å². The summed E-state index contributed by atoms with van der Waals surface area (Å²) in [6.07, 6.45) is 3.69. The molecule has 0 spiro atoms. The number of ether oxygens (including phenoxy) is 1. The molecule has 0 unspecified atom stereocenters. The van der Waals surface area contributed by atoms with Gasteiger partial charge in [0.05, 0.1) is 22.7 Å². The van der Waals surface area contributed by atoms with Crippen LogP contribution in [0.3, 0.4) is 0 Å². The molecule has 2 rings (SSSR count). The Morgan fingerprint density at radius 2 is 2.20 bits per heavy atom. The van der Waals surface area contributed by atoms with Crippen molar-refractivity contribution in [2.45, 2.75) is 33.0 Å². The molecule has 0 saturated carbocycles. The Bertz CT molecular complexity index is 566. The first-order chi connectivity index (χ1) is 9.61. The van der Waals surface area contributed by atoms with Gasteiger partial charge < -0.3 is 14.6 Å². The lowest BCUT2D eigenvalue weighted by Crippen LogP contribution is -2.08. The molecule has 0 radical (unpaired) electrons. The van der Waals surface area contributed by atoms with Gasteiger partial charge in [0, 0.05) is 12.6 Å². The molecule has 0 fully saturated rings. The first-order valence-electron chi connectivity index (χ1n) is 6.68. The van der Waals surface area contributed by atoms with E-state index in [4.69, 9.17) is 4.74 Å². The fraction of sp³-hybridized carbons (Fsp3) is 0.400. The molecule has 1 N–H and O–H groups in total. The average Bonchev–Trinajstić information content (AvgIpc) is 2.86. The Morgan fingerprint density at radius 3 is 2.85 bits per heavy atom. The van der Waals surface area contributed by atoms with E-state index in [-0.39, 0.29) is 0 Å². The summed E-state index contributed by atoms with van der Waals surface area (Å²) < 4.78 is 8.96. The van der Waals surface area contributed by atoms with Crippen LogP contribution in [-0.4, -0.2) is 16.6 Å². The Kier molecular flexibility index (Phi) is 5.20. The molecule has 0 aliphatic rings. The third kappa shape index (κ3) is 3.61. The highest BCUT2D eigenvalue weighted by atomic mass is 79.9. The number of imidazole rings is 1. The van der Waals surface area contributed by atoms with Gasteiger partial charge in [-0.1, -0.05) is 6.07 Å². The van der Waals surface area contributed by atoms with E-state index < -0.39 is 0 Å². The minimum absolute atomic E-state index is 0.387. The summed E-state index contributed by atoms with van der Waals surface area (Å²) in [5.41, 5.74) is 2.30. The number of benzene rings is 1. The maximum absolute atomic E-state index is 5.88. The van der Waals surface area contributed by atoms with Crippen molar-refractivity contribution in [3.63, 3.8) is 0 Å². The van der Waals surface area contributed by atoms with Crippen molar-refractivity contribution in [3.05, 3.63) is 46.5 Å². The zero-order valence-corrected chi connectivity index (χ0v) is 13.6. The van der Waals surface area contributed by atoms with Gasteiger partial charge in [-0.3, -0.25) is 0 Å². The van der Waals surface area contributed by atoms with Gasteiger partial charge in [0.25, 0.3) is 0 Å². The highest BCUT2D eigenvalue weighted by Gasteiger charge is 2.08. The van der Waals surface area contributed by atoms with Crippen LogP contribution < -0.4 is 10.1 Å². The summed E-state index contributed by atoms with van der Waals surface area (Å²) >= 11 is 3.55. The molecular weight excluding hydrogens is 318 g/mol. The summed E-state index contributed by atoms with van der Waals surface area (Å²) in [4.78, 5) is 4.18. The molecule has 108 valence electrons. The molecule has 1 heterocycles. The lowest BCUT2D eigenvalue weighted by atomic mass is 10.2. The highest BCUT2D eigenvalue weighted by Crippen LogP contribution is 2.27. The average molecular weight is 338 g/mol. The number of nitrogens with one attached hydrogen (secondary N) is 1. The minimum atomic E-state index is 0.387. The van der Waals surface area contributed by atoms with Crippen molar-refractivity contribution in [3.8, 4) is 5.75 Å². The van der Waals surface area contributed by atoms with Crippen LogP contribution in [-0.2, 0) is 13.2 Å². The number of hydrogen-bond donors (Lipinski definition) is 1. The lowest BCUT2D eigenvalue weighted by molar-refractivity contribution is 0.290. The van der Waals surface area contributed by atoms with Crippen molar-refractivity contribution in [1.82, 2.24) is 14.9 Å². The quantitative estimate of drug-likeness (QED) is 0.876. The molecule has 0 saturated heterocycles. The normalized spacial score (nSPS) is 11.1. The summed E-state index contributed by atoms with van der Waals surface area (Å²) in [5, 5.41) is 3.13. The Labute approximate surface area is 128 Å². The van der Waals surface area contributed by atoms with Crippen molar-refractivity contribution >= 4 is 15.9 Å². The maximum Gasteiger partial charge on any atom is 0.134 e. The standard InChI is InChI=1S/C15H20BrN3O/c1-11(2)19-10-18-8-13(19)9-20-15-5-4-12(7-17-3)6-14(15)16/h4-6,8,10-11,17H,7,9H2,1-3H3. The predicted octanol–water partition coefficient (Wildman–Crippen LogP) is 3.52. The van der Waals surface area contributed by atoms with Gasteiger partial charge >= 0.3 is 0 Å². The number of aromatic nitrogens is 2. The van der Waals surface area contributed by atoms with Gasteiger partial charge in [-0.05, 0) is 54.5 Å². The van der Waals surface area contributed by atoms with Crippen LogP contribution in [0.1, 0.15) is 31.1 Å². The van der Waals surface area contributed by atoms with Crippen LogP contribution in [0.5, 0.6) is 5.75 Å². The van der Waals surface area contributed by atoms with Crippen molar-refractivity contribution in [2.75, 3.05) is 7.05 Å². The lowest BCUT2D eigenvalue weighted by Gasteiger charge is -2.13. The van der Waals surface area contributed by atoms with E-state index in [1.165, 1.54) is 5.56 Å². The van der Waals surface area contributed by atoms with Crippen molar-refractivity contribution in [1.29, 1.82) is 0 Å². The maximum atomic E-state index is 5.88. The molecule has 1 aromatic heterocycles. The number of rotatable bonds is 6. The van der Waals surface area contributed by atoms with Crippen LogP contribution in [0.25, 0.3) is 0 Å². The van der Waals surface area contributed by atoms with E-state index in [9.17, 15) is 0 Å². The van der Waals surface area contributed by atoms with Crippen molar-refractivity contribution in [2.24, 2.45) is 0 Å². The summed E-state index contributed by atoms with van der Waals surface area (Å²) in [7, 11) is 1.94. The van der Waals surface area contributed by atoms with Gasteiger partial charge in [-0.25, -0.2) is 4.98 Å². The zero-order chi connectivity index (χ0) is 14.5. The Morgan fingerprint density at radius 1 is 1.40 bits per heavy atom. The fourth-order valence-corrected chi connectivity index (χ4v) is 2.58. The third-order valence-corrected chi connectivity index (χ3v) is 3.68. The van der Waals surface area contributed by atoms with Crippen LogP contribution >= 0.6 is 15.9 Å². The molecule has 1 aromatic carbocycles. The van der Waals surface area contributed by atoms with Gasteiger partial charge in [-0.2, -0.15) is 0 Å². The first kappa shape index (κ1) is 15.1. The van der Waals surface area contributed by atoms with Gasteiger partial charge in [-0.15, -0.1) is 0 Å². The Balaban J connectivity index is 2.05. The number of hydrogen-bond acceptors (Lipinski definition) is 3. The van der Waals surface area contributed by atoms with E-state index in [1.54, 1.807) is 0 Å². The summed E-state index contributed by atoms with van der Waals surface area (Å²) in [5.74, 6) is 0.848. The predicted molar refractivity (Wildman–Crippen MR) is 83.8 cm³/mol. The second kappa shape index (κ2) is 6.90. The molecule has 0 atom stereocenters. The largest absolute Gasteiger partial charge is 0.486 e. The van der Waals surface area contributed by atoms with Gasteiger partial charge in [0.1, 0.15) is 12.4 Å². The molecular formula is C15H20BrN3O. The second-order valence-corrected chi connectivity index (χ2v) is 5.82. The SMILES string of the molecule is CNCc1ccc(OCc2cncn2C(C)C)c(Br)c1. The minimum Gasteiger partial charge on any atom is -0.486 e. The molecule has 20 heavy (non-hydrogen) atoms. The van der Waals surface area contributed by atoms with Gasteiger partial charge in [0.2, 0.25) is 0 Å². The summed E-state index contributed by atoms with van der Waals surface area (Å²) in [6.45, 7) is 5.63. The molecule has 2 aromatic rings. The molecule has 5 heteroatoms. The van der Waals surface area contributed by atoms with Crippen LogP contribution in [0.4, 0.5) is 0 Å². The number of halogens is 1. The van der Waals surface area contributed by atoms with E-state index in [0.717, 1.165) is 22.5 Å². The molecule has 4 nitrogen and oxygen atoms in total. The molecule has 0 bridgehead atoms. The second-order valence-electron chi connectivity index (χ2n) is 4.97. The van der Waals surface area contributed by atoms with E-state index in [0.29, 0.717) is 12.6 Å². The van der Waals surface area contributed by atoms with E-state index >= 15 is 0 Å². The van der Waals surface area contributed by atoms with Crippen LogP contribution in [0.15, 0.2) is 35.2 Å². The van der Waals surface area contributed by atoms with Crippen LogP contribution in [0, 0.1) is 0 Å². The smallest absolute Gasteiger partial charge is 0.134 e. The monoisotopic (exact) mass is 337 g/mol. The highest BCUT2D eigenvalue weighted by molar-refractivity contribution is 9.10. The van der Waals surface area contributed by atoms with Crippen molar-refractivity contribution < 1.29 is 4.74 Å². The van der Waals surface area contributed by atoms with Gasteiger partial charge in [0.15, 0.2) is 0 Å². The fourth-order valence-electron chi connectivity index (χ4n) is 2.04. The molecule has 0 aliphatic heterocycles. The van der Waals surface area contributed by atoms with E-state index in [2.05, 4.69) is 56.8 Å². The Hall–Kier alpha value is -1.33. The van der Waals surface area contributed by atoms with E-state index in [1.807, 2.05) is 25.6 Å². The number of nitrogens with zero attached hydrogens (tertiary/aromatic N) is 2.